The van der Waals surface area contributed by atoms with Crippen LogP contribution in [0.25, 0.3) is 17.2 Å². The minimum absolute atomic E-state index is 0.253. The van der Waals surface area contributed by atoms with Gasteiger partial charge in [0.15, 0.2) is 0 Å². The molecule has 3 nitrogen and oxygen atoms in total. The Bertz CT molecular complexity index is 612. The lowest BCUT2D eigenvalue weighted by Crippen LogP contribution is -1.99. The Kier molecular flexibility index (Phi) is 3.66. The van der Waals surface area contributed by atoms with Crippen LogP contribution < -0.4 is 4.74 Å². The van der Waals surface area contributed by atoms with Crippen LogP contribution in [0.3, 0.4) is 0 Å². The van der Waals surface area contributed by atoms with Crippen LogP contribution in [-0.2, 0) is 0 Å². The van der Waals surface area contributed by atoms with Crippen molar-refractivity contribution in [1.29, 1.82) is 0 Å². The molecule has 0 bridgehead atoms. The fourth-order valence-electron chi connectivity index (χ4n) is 1.88. The fourth-order valence-corrected chi connectivity index (χ4v) is 1.88. The zero-order valence-corrected chi connectivity index (χ0v) is 10.6. The molecule has 0 atom stereocenters. The van der Waals surface area contributed by atoms with Crippen molar-refractivity contribution in [2.75, 3.05) is 7.11 Å². The number of carbonyl (C=O) groups is 1. The zero-order chi connectivity index (χ0) is 13.8. The van der Waals surface area contributed by atoms with Gasteiger partial charge >= 0.3 is 5.97 Å². The van der Waals surface area contributed by atoms with Gasteiger partial charge in [0.25, 0.3) is 0 Å². The van der Waals surface area contributed by atoms with Crippen LogP contribution in [0.4, 0.5) is 0 Å². The summed E-state index contributed by atoms with van der Waals surface area (Å²) in [6, 6.07) is 12.8. The molecule has 0 saturated carbocycles. The van der Waals surface area contributed by atoms with E-state index >= 15 is 0 Å². The highest BCUT2D eigenvalue weighted by Gasteiger charge is 2.09. The van der Waals surface area contributed by atoms with Crippen molar-refractivity contribution >= 4 is 12.0 Å². The van der Waals surface area contributed by atoms with Crippen LogP contribution in [0.15, 0.2) is 49.0 Å². The van der Waals surface area contributed by atoms with Gasteiger partial charge in [0.1, 0.15) is 5.75 Å². The predicted molar refractivity (Wildman–Crippen MR) is 75.5 cm³/mol. The van der Waals surface area contributed by atoms with E-state index in [9.17, 15) is 9.90 Å². The van der Waals surface area contributed by atoms with Crippen molar-refractivity contribution < 1.29 is 14.6 Å². The highest BCUT2D eigenvalue weighted by atomic mass is 16.5. The van der Waals surface area contributed by atoms with Crippen LogP contribution in [0, 0.1) is 0 Å². The molecule has 0 amide bonds. The first-order valence-corrected chi connectivity index (χ1v) is 5.80. The summed E-state index contributed by atoms with van der Waals surface area (Å²) in [5.74, 6) is -0.185. The van der Waals surface area contributed by atoms with Crippen molar-refractivity contribution in [3.05, 3.63) is 60.2 Å². The molecule has 0 aromatic heterocycles. The molecular weight excluding hydrogens is 240 g/mol. The third kappa shape index (κ3) is 2.65. The molecule has 0 heterocycles. The minimum atomic E-state index is -0.953. The van der Waals surface area contributed by atoms with Crippen molar-refractivity contribution in [3.63, 3.8) is 0 Å². The molecule has 0 fully saturated rings. The van der Waals surface area contributed by atoms with Gasteiger partial charge in [0, 0.05) is 0 Å². The van der Waals surface area contributed by atoms with Crippen LogP contribution in [0.1, 0.15) is 15.9 Å². The van der Waals surface area contributed by atoms with E-state index < -0.39 is 5.97 Å². The van der Waals surface area contributed by atoms with Crippen molar-refractivity contribution in [2.24, 2.45) is 0 Å². The Hall–Kier alpha value is -2.55. The first kappa shape index (κ1) is 12.9. The Labute approximate surface area is 111 Å². The second-order valence-corrected chi connectivity index (χ2v) is 4.04. The number of carboxylic acids is 1. The second-order valence-electron chi connectivity index (χ2n) is 4.04. The SMILES string of the molecule is C=Cc1ccc(-c2ccc(OC)cc2)cc1C(=O)O. The van der Waals surface area contributed by atoms with Gasteiger partial charge in [0.2, 0.25) is 0 Å². The topological polar surface area (TPSA) is 46.5 Å². The summed E-state index contributed by atoms with van der Waals surface area (Å²) in [6.07, 6.45) is 1.54. The van der Waals surface area contributed by atoms with E-state index in [1.165, 1.54) is 0 Å². The molecule has 0 aliphatic heterocycles. The van der Waals surface area contributed by atoms with Gasteiger partial charge in [-0.05, 0) is 34.9 Å². The quantitative estimate of drug-likeness (QED) is 0.904. The number of hydrogen-bond donors (Lipinski definition) is 1. The minimum Gasteiger partial charge on any atom is -0.497 e. The van der Waals surface area contributed by atoms with Crippen LogP contribution in [0.2, 0.25) is 0 Å². The van der Waals surface area contributed by atoms with E-state index in [4.69, 9.17) is 4.74 Å². The van der Waals surface area contributed by atoms with E-state index in [-0.39, 0.29) is 5.56 Å². The number of benzene rings is 2. The molecule has 2 aromatic carbocycles. The van der Waals surface area contributed by atoms with Gasteiger partial charge in [-0.2, -0.15) is 0 Å². The summed E-state index contributed by atoms with van der Waals surface area (Å²) >= 11 is 0. The van der Waals surface area contributed by atoms with Crippen molar-refractivity contribution in [1.82, 2.24) is 0 Å². The van der Waals surface area contributed by atoms with Crippen LogP contribution >= 0.6 is 0 Å². The smallest absolute Gasteiger partial charge is 0.336 e. The van der Waals surface area contributed by atoms with Gasteiger partial charge in [-0.25, -0.2) is 4.79 Å². The Morgan fingerprint density at radius 1 is 1.16 bits per heavy atom. The molecule has 96 valence electrons. The Morgan fingerprint density at radius 3 is 2.32 bits per heavy atom. The Balaban J connectivity index is 2.47. The average molecular weight is 254 g/mol. The molecule has 0 aliphatic rings. The maximum atomic E-state index is 11.2. The molecule has 0 radical (unpaired) electrons. The molecule has 0 unspecified atom stereocenters. The highest BCUT2D eigenvalue weighted by molar-refractivity contribution is 5.93. The molecule has 0 spiro atoms. The van der Waals surface area contributed by atoms with Gasteiger partial charge < -0.3 is 9.84 Å². The number of rotatable bonds is 4. The summed E-state index contributed by atoms with van der Waals surface area (Å²) in [5.41, 5.74) is 2.66. The molecule has 2 aromatic rings. The van der Waals surface area contributed by atoms with Gasteiger partial charge in [-0.3, -0.25) is 0 Å². The summed E-state index contributed by atoms with van der Waals surface area (Å²) in [6.45, 7) is 3.62. The lowest BCUT2D eigenvalue weighted by molar-refractivity contribution is 0.0696. The highest BCUT2D eigenvalue weighted by Crippen LogP contribution is 2.25. The summed E-state index contributed by atoms with van der Waals surface area (Å²) in [4.78, 5) is 11.2. The monoisotopic (exact) mass is 254 g/mol. The Morgan fingerprint density at radius 2 is 1.79 bits per heavy atom. The summed E-state index contributed by atoms with van der Waals surface area (Å²) in [7, 11) is 1.61. The number of ether oxygens (including phenoxy) is 1. The lowest BCUT2D eigenvalue weighted by Gasteiger charge is -2.07. The van der Waals surface area contributed by atoms with Crippen molar-refractivity contribution in [3.8, 4) is 16.9 Å². The van der Waals surface area contributed by atoms with Gasteiger partial charge in [-0.1, -0.05) is 36.9 Å². The third-order valence-electron chi connectivity index (χ3n) is 2.93. The number of methoxy groups -OCH3 is 1. The molecule has 3 heteroatoms. The predicted octanol–water partition coefficient (Wildman–Crippen LogP) is 3.70. The second kappa shape index (κ2) is 5.40. The van der Waals surface area contributed by atoms with E-state index in [2.05, 4.69) is 6.58 Å². The number of carboxylic acid groups (broad SMARTS) is 1. The average Bonchev–Trinajstić information content (AvgIpc) is 2.46. The normalized spacial score (nSPS) is 9.95. The van der Waals surface area contributed by atoms with Gasteiger partial charge in [0.05, 0.1) is 12.7 Å². The largest absolute Gasteiger partial charge is 0.497 e. The molecule has 0 aliphatic carbocycles. The molecule has 0 saturated heterocycles. The molecule has 19 heavy (non-hydrogen) atoms. The molecule has 1 N–H and O–H groups in total. The first-order chi connectivity index (χ1) is 9.15. The van der Waals surface area contributed by atoms with E-state index in [1.807, 2.05) is 30.3 Å². The fraction of sp³-hybridized carbons (Fsp3) is 0.0625. The third-order valence-corrected chi connectivity index (χ3v) is 2.93. The standard InChI is InChI=1S/C16H14O3/c1-3-11-4-5-13(10-15(11)16(17)18)12-6-8-14(19-2)9-7-12/h3-10H,1H2,2H3,(H,17,18). The van der Waals surface area contributed by atoms with Crippen molar-refractivity contribution in [2.45, 2.75) is 0 Å². The van der Waals surface area contributed by atoms with Gasteiger partial charge in [-0.15, -0.1) is 0 Å². The van der Waals surface area contributed by atoms with E-state index in [0.29, 0.717) is 5.56 Å². The van der Waals surface area contributed by atoms with Crippen LogP contribution in [-0.4, -0.2) is 18.2 Å². The van der Waals surface area contributed by atoms with E-state index in [0.717, 1.165) is 16.9 Å². The lowest BCUT2D eigenvalue weighted by atomic mass is 9.99. The zero-order valence-electron chi connectivity index (χ0n) is 10.6. The summed E-state index contributed by atoms with van der Waals surface area (Å²) in [5, 5.41) is 9.18. The summed E-state index contributed by atoms with van der Waals surface area (Å²) < 4.78 is 5.10. The van der Waals surface area contributed by atoms with Crippen LogP contribution in [0.5, 0.6) is 5.75 Å². The number of hydrogen-bond acceptors (Lipinski definition) is 2. The molecule has 2 rings (SSSR count). The van der Waals surface area contributed by atoms with E-state index in [1.54, 1.807) is 25.3 Å². The maximum Gasteiger partial charge on any atom is 0.336 e. The number of aromatic carboxylic acids is 1. The first-order valence-electron chi connectivity index (χ1n) is 5.80. The maximum absolute atomic E-state index is 11.2. The molecular formula is C16H14O3.